The molecular weight excluding hydrogens is 277 g/mol. The van der Waals surface area contributed by atoms with E-state index in [2.05, 4.69) is 14.9 Å². The number of carbonyl (C=O) groups excluding carboxylic acids is 1. The average Bonchev–Trinajstić information content (AvgIpc) is 2.43. The summed E-state index contributed by atoms with van der Waals surface area (Å²) in [5, 5.41) is 6.70. The zero-order chi connectivity index (χ0) is 14.9. The van der Waals surface area contributed by atoms with Crippen LogP contribution in [0.3, 0.4) is 0 Å². The molecule has 0 aliphatic rings. The van der Waals surface area contributed by atoms with Crippen molar-refractivity contribution >= 4 is 16.9 Å². The highest BCUT2D eigenvalue weighted by Gasteiger charge is 2.33. The topological polar surface area (TPSA) is 61.3 Å². The molecule has 2 aromatic rings. The van der Waals surface area contributed by atoms with Crippen molar-refractivity contribution in [2.75, 3.05) is 14.2 Å². The first-order valence-electron chi connectivity index (χ1n) is 5.38. The molecule has 1 aromatic carbocycles. The number of nitrogens with zero attached hydrogens (tertiary/aromatic N) is 2. The molecular formula is C12H9F3N2O3. The Labute approximate surface area is 111 Å². The zero-order valence-corrected chi connectivity index (χ0v) is 10.5. The molecule has 0 unspecified atom stereocenters. The average molecular weight is 286 g/mol. The summed E-state index contributed by atoms with van der Waals surface area (Å²) in [4.78, 5) is 11.5. The lowest BCUT2D eigenvalue weighted by Gasteiger charge is -2.09. The molecule has 0 radical (unpaired) electrons. The lowest BCUT2D eigenvalue weighted by atomic mass is 10.1. The van der Waals surface area contributed by atoms with Gasteiger partial charge < -0.3 is 9.47 Å². The highest BCUT2D eigenvalue weighted by atomic mass is 19.4. The van der Waals surface area contributed by atoms with Crippen LogP contribution in [0.5, 0.6) is 5.75 Å². The van der Waals surface area contributed by atoms with Gasteiger partial charge in [0, 0.05) is 5.39 Å². The summed E-state index contributed by atoms with van der Waals surface area (Å²) in [5.41, 5.74) is -0.944. The molecule has 0 bridgehead atoms. The van der Waals surface area contributed by atoms with Crippen molar-refractivity contribution in [2.45, 2.75) is 6.18 Å². The number of esters is 1. The van der Waals surface area contributed by atoms with Crippen LogP contribution in [0, 0.1) is 0 Å². The van der Waals surface area contributed by atoms with Gasteiger partial charge >= 0.3 is 12.1 Å². The summed E-state index contributed by atoms with van der Waals surface area (Å²) in [5.74, 6) is -0.542. The number of fused-ring (bicyclic) bond motifs is 1. The van der Waals surface area contributed by atoms with Gasteiger partial charge in [0.25, 0.3) is 0 Å². The fourth-order valence-corrected chi connectivity index (χ4v) is 1.66. The molecule has 0 N–H and O–H groups in total. The molecule has 0 aliphatic heterocycles. The maximum absolute atomic E-state index is 12.6. The van der Waals surface area contributed by atoms with E-state index in [1.165, 1.54) is 26.4 Å². The molecule has 0 aliphatic carbocycles. The Hall–Kier alpha value is -2.38. The highest BCUT2D eigenvalue weighted by Crippen LogP contribution is 2.31. The van der Waals surface area contributed by atoms with Crippen LogP contribution < -0.4 is 4.74 Å². The van der Waals surface area contributed by atoms with Crippen molar-refractivity contribution in [1.29, 1.82) is 0 Å². The van der Waals surface area contributed by atoms with E-state index >= 15 is 0 Å². The van der Waals surface area contributed by atoms with E-state index in [1.54, 1.807) is 0 Å². The Morgan fingerprint density at radius 1 is 1.15 bits per heavy atom. The quantitative estimate of drug-likeness (QED) is 0.793. The lowest BCUT2D eigenvalue weighted by Crippen LogP contribution is -2.09. The third-order valence-electron chi connectivity index (χ3n) is 2.59. The summed E-state index contributed by atoms with van der Waals surface area (Å²) in [6.45, 7) is 0. The van der Waals surface area contributed by atoms with Crippen molar-refractivity contribution in [1.82, 2.24) is 10.2 Å². The normalized spacial score (nSPS) is 11.4. The second kappa shape index (κ2) is 4.95. The highest BCUT2D eigenvalue weighted by molar-refractivity contribution is 5.96. The Bertz CT molecular complexity index is 671. The minimum atomic E-state index is -4.62. The number of alkyl halides is 3. The summed E-state index contributed by atoms with van der Waals surface area (Å²) >= 11 is 0. The number of aromatic nitrogens is 2. The second-order valence-corrected chi connectivity index (χ2v) is 3.84. The lowest BCUT2D eigenvalue weighted by molar-refractivity contribution is -0.141. The predicted octanol–water partition coefficient (Wildman–Crippen LogP) is 2.44. The molecule has 2 rings (SSSR count). The molecule has 0 fully saturated rings. The molecule has 0 atom stereocenters. The van der Waals surface area contributed by atoms with Crippen molar-refractivity contribution in [3.05, 3.63) is 29.5 Å². The first-order chi connectivity index (χ1) is 9.36. The number of ether oxygens (including phenoxy) is 2. The maximum atomic E-state index is 12.6. The summed E-state index contributed by atoms with van der Waals surface area (Å²) in [6, 6.07) is 3.38. The van der Waals surface area contributed by atoms with E-state index in [-0.39, 0.29) is 22.2 Å². The summed E-state index contributed by atoms with van der Waals surface area (Å²) in [6.07, 6.45) is -4.62. The van der Waals surface area contributed by atoms with Gasteiger partial charge in [0.05, 0.1) is 19.8 Å². The molecule has 8 heteroatoms. The molecule has 1 heterocycles. The van der Waals surface area contributed by atoms with Gasteiger partial charge in [0.15, 0.2) is 5.69 Å². The number of carbonyl (C=O) groups is 1. The van der Waals surface area contributed by atoms with E-state index in [1.807, 2.05) is 0 Å². The second-order valence-electron chi connectivity index (χ2n) is 3.84. The molecule has 0 saturated heterocycles. The standard InChI is InChI=1S/C12H9F3N2O3/c1-19-8-4-7(11(18)20-2)3-6-5-9(12(13,14)15)16-17-10(6)8/h3-5H,1-2H3. The van der Waals surface area contributed by atoms with Gasteiger partial charge in [-0.15, -0.1) is 10.2 Å². The molecule has 0 spiro atoms. The van der Waals surface area contributed by atoms with Crippen LogP contribution in [0.4, 0.5) is 13.2 Å². The predicted molar refractivity (Wildman–Crippen MR) is 62.4 cm³/mol. The molecule has 106 valence electrons. The van der Waals surface area contributed by atoms with Crippen LogP contribution in [0.25, 0.3) is 10.9 Å². The fraction of sp³-hybridized carbons (Fsp3) is 0.250. The molecule has 1 aromatic heterocycles. The van der Waals surface area contributed by atoms with Crippen molar-refractivity contribution in [2.24, 2.45) is 0 Å². The largest absolute Gasteiger partial charge is 0.494 e. The van der Waals surface area contributed by atoms with E-state index in [0.717, 1.165) is 6.07 Å². The van der Waals surface area contributed by atoms with E-state index in [0.29, 0.717) is 0 Å². The van der Waals surface area contributed by atoms with Gasteiger partial charge in [-0.25, -0.2) is 4.79 Å². The number of hydrogen-bond acceptors (Lipinski definition) is 5. The minimum absolute atomic E-state index is 0.0676. The van der Waals surface area contributed by atoms with Gasteiger partial charge in [-0.2, -0.15) is 13.2 Å². The SMILES string of the molecule is COC(=O)c1cc(OC)c2nnc(C(F)(F)F)cc2c1. The first-order valence-corrected chi connectivity index (χ1v) is 5.38. The van der Waals surface area contributed by atoms with E-state index in [9.17, 15) is 18.0 Å². The summed E-state index contributed by atoms with van der Waals surface area (Å²) in [7, 11) is 2.49. The minimum Gasteiger partial charge on any atom is -0.494 e. The summed E-state index contributed by atoms with van der Waals surface area (Å²) < 4.78 is 47.3. The molecule has 5 nitrogen and oxygen atoms in total. The van der Waals surface area contributed by atoms with Crippen LogP contribution in [-0.4, -0.2) is 30.4 Å². The van der Waals surface area contributed by atoms with Crippen LogP contribution >= 0.6 is 0 Å². The number of benzene rings is 1. The first kappa shape index (κ1) is 14.0. The van der Waals surface area contributed by atoms with Gasteiger partial charge in [-0.3, -0.25) is 0 Å². The maximum Gasteiger partial charge on any atom is 0.435 e. The number of hydrogen-bond donors (Lipinski definition) is 0. The Balaban J connectivity index is 2.69. The van der Waals surface area contributed by atoms with Crippen LogP contribution in [-0.2, 0) is 10.9 Å². The third kappa shape index (κ3) is 2.49. The number of rotatable bonds is 2. The molecule has 20 heavy (non-hydrogen) atoms. The molecule has 0 saturated carbocycles. The van der Waals surface area contributed by atoms with Crippen LogP contribution in [0.1, 0.15) is 16.1 Å². The number of methoxy groups -OCH3 is 2. The number of halogens is 3. The van der Waals surface area contributed by atoms with Crippen molar-refractivity contribution < 1.29 is 27.4 Å². The zero-order valence-electron chi connectivity index (χ0n) is 10.5. The smallest absolute Gasteiger partial charge is 0.435 e. The van der Waals surface area contributed by atoms with Crippen LogP contribution in [0.2, 0.25) is 0 Å². The van der Waals surface area contributed by atoms with E-state index < -0.39 is 17.8 Å². The fourth-order valence-electron chi connectivity index (χ4n) is 1.66. The Morgan fingerprint density at radius 3 is 2.40 bits per heavy atom. The molecule has 0 amide bonds. The Kier molecular flexibility index (Phi) is 3.47. The third-order valence-corrected chi connectivity index (χ3v) is 2.59. The Morgan fingerprint density at radius 2 is 1.85 bits per heavy atom. The van der Waals surface area contributed by atoms with Gasteiger partial charge in [-0.1, -0.05) is 0 Å². The van der Waals surface area contributed by atoms with Crippen molar-refractivity contribution in [3.8, 4) is 5.75 Å². The van der Waals surface area contributed by atoms with Crippen molar-refractivity contribution in [3.63, 3.8) is 0 Å². The van der Waals surface area contributed by atoms with Gasteiger partial charge in [0.1, 0.15) is 11.3 Å². The monoisotopic (exact) mass is 286 g/mol. The van der Waals surface area contributed by atoms with Gasteiger partial charge in [0.2, 0.25) is 0 Å². The van der Waals surface area contributed by atoms with E-state index in [4.69, 9.17) is 4.74 Å². The van der Waals surface area contributed by atoms with Crippen LogP contribution in [0.15, 0.2) is 18.2 Å². The van der Waals surface area contributed by atoms with Gasteiger partial charge in [-0.05, 0) is 18.2 Å².